The number of nitrogens with one attached hydrogen (secondary N) is 1. The number of aliphatic carboxylic acids is 3. The maximum Gasteiger partial charge on any atom is 1.00 e. The van der Waals surface area contributed by atoms with E-state index in [1.54, 1.807) is 0 Å². The molecule has 1 N–H and O–H groups in total. The van der Waals surface area contributed by atoms with Gasteiger partial charge in [0.25, 0.3) is 0 Å². The maximum absolute atomic E-state index is 12.4. The quantitative estimate of drug-likeness (QED) is 0.0228. The number of hydrogen-bond acceptors (Lipinski definition) is 12. The summed E-state index contributed by atoms with van der Waals surface area (Å²) >= 11 is 0.817. The Hall–Kier alpha value is -2.54. The molecule has 0 saturated carbocycles. The van der Waals surface area contributed by atoms with Gasteiger partial charge in [-0.15, -0.1) is 0 Å². The van der Waals surface area contributed by atoms with Crippen LogP contribution < -0.4 is 119 Å². The second kappa shape index (κ2) is 24.3. The number of hydrogen-bond donors (Lipinski definition) is 1. The fourth-order valence-electron chi connectivity index (χ4n) is 7.67. The van der Waals surface area contributed by atoms with Crippen molar-refractivity contribution in [3.05, 3.63) is 114 Å². The van der Waals surface area contributed by atoms with Gasteiger partial charge in [-0.2, -0.15) is 8.91 Å². The molecule has 1 amide bonds. The van der Waals surface area contributed by atoms with Gasteiger partial charge in [0.05, 0.1) is 29.5 Å². The molecule has 2 aliphatic heterocycles. The Kier molecular flexibility index (Phi) is 21.7. The van der Waals surface area contributed by atoms with Gasteiger partial charge >= 0.3 is 88.7 Å². The van der Waals surface area contributed by atoms with Crippen molar-refractivity contribution in [1.82, 2.24) is 5.32 Å². The Morgan fingerprint density at radius 3 is 2.23 bits per heavy atom. The van der Waals surface area contributed by atoms with Gasteiger partial charge in [0.15, 0.2) is 12.3 Å². The summed E-state index contributed by atoms with van der Waals surface area (Å²) in [5.74, 6) is -4.98. The third-order valence-electron chi connectivity index (χ3n) is 10.3. The molecule has 3 aromatic carbocycles. The van der Waals surface area contributed by atoms with Crippen molar-refractivity contribution in [2.24, 2.45) is 0 Å². The molecule has 1 unspecified atom stereocenters. The first kappa shape index (κ1) is 53.6. The van der Waals surface area contributed by atoms with Crippen molar-refractivity contribution in [2.45, 2.75) is 81.6 Å². The molecule has 0 bridgehead atoms. The minimum absolute atomic E-state index is 0. The summed E-state index contributed by atoms with van der Waals surface area (Å²) in [5.41, 5.74) is 5.38. The number of fused-ring (bicyclic) bond motifs is 4. The summed E-state index contributed by atoms with van der Waals surface area (Å²) in [4.78, 5) is 48.8. The van der Waals surface area contributed by atoms with E-state index in [1.165, 1.54) is 0 Å². The van der Waals surface area contributed by atoms with Gasteiger partial charge in [0.2, 0.25) is 11.6 Å². The number of nitrogens with zero attached hydrogens (tertiary/aromatic N) is 2. The number of carbonyl (C=O) groups excluding carboxylic acids is 4. The molecule has 0 fully saturated rings. The molecule has 0 aliphatic carbocycles. The average molecular weight is 864 g/mol. The molecule has 13 nitrogen and oxygen atoms in total. The van der Waals surface area contributed by atoms with Crippen LogP contribution >= 0.6 is 12.0 Å². The van der Waals surface area contributed by atoms with Crippen LogP contribution in [-0.2, 0) is 39.4 Å². The van der Waals surface area contributed by atoms with E-state index < -0.39 is 41.7 Å². The van der Waals surface area contributed by atoms with Crippen LogP contribution in [0.5, 0.6) is 0 Å². The monoisotopic (exact) mass is 863 g/mol. The van der Waals surface area contributed by atoms with Crippen LogP contribution in [0.1, 0.15) is 70.9 Å². The van der Waals surface area contributed by atoms with Gasteiger partial charge in [-0.25, -0.2) is 0 Å². The molecule has 5 rings (SSSR count). The molecular formula is C43H44N3Na3O10S. The molecule has 17 heteroatoms. The van der Waals surface area contributed by atoms with Crippen LogP contribution in [0.25, 0.3) is 10.8 Å². The van der Waals surface area contributed by atoms with Crippen molar-refractivity contribution in [3.8, 4) is 0 Å². The number of para-hydroxylation sites is 1. The second-order valence-electron chi connectivity index (χ2n) is 14.8. The topological polar surface area (TPSA) is 197 Å². The fraction of sp³-hybridized carbons (Fsp3) is 0.326. The fourth-order valence-corrected chi connectivity index (χ4v) is 8.08. The minimum Gasteiger partial charge on any atom is -0.691 e. The number of anilines is 1. The standard InChI is InChI=1S/C43H47N3O10S.3Na/c1-42(2)31-14-10-11-15-33(31)45(24-13-12-18-37(47)44-32(41(52)53)27-39(50)51)35(42)16-8-6-5-7-9-17-36-43(3,4)40-30-21-20-29(57-56-55-54)26-28(30)19-22-34(40)46(36)25-23-38(48)49;;;/h5-11,14-17,19-22,26,32H,12-13,18,23-25,27H2,1-4H3,(H4-,44,47,48,49,50,51,52,53,54);;;/q;3*+1/p-3. The number of rotatable bonds is 19. The number of benzene rings is 3. The normalized spacial score (nSPS) is 16.1. The summed E-state index contributed by atoms with van der Waals surface area (Å²) in [7, 11) is 0. The molecular weight excluding hydrogens is 820 g/mol. The van der Waals surface area contributed by atoms with Crippen LogP contribution in [0.15, 0.2) is 108 Å². The van der Waals surface area contributed by atoms with Crippen molar-refractivity contribution < 1.29 is 142 Å². The Balaban J connectivity index is 0.00000413. The molecule has 2 aliphatic rings. The summed E-state index contributed by atoms with van der Waals surface area (Å²) < 4.78 is 6.51. The molecule has 1 atom stereocenters. The minimum atomic E-state index is -1.68. The number of carboxylic acids is 3. The SMILES string of the molecule is CC1(C)C(/C=C/C=C/C=C/C=C2/N(CCCCC(=O)NC(CC(=O)[O-])C(=O)[O-])c3ccccc3C2(C)C)=[N+](CCC(=O)[O-])c2ccc3cc(SOO[O-])ccc3c21.[Na+].[Na+].[Na+]. The van der Waals surface area contributed by atoms with E-state index >= 15 is 0 Å². The summed E-state index contributed by atoms with van der Waals surface area (Å²) in [6, 6.07) is 16.1. The van der Waals surface area contributed by atoms with Gasteiger partial charge in [-0.05, 0) is 73.4 Å². The third kappa shape index (κ3) is 13.0. The molecule has 3 aromatic rings. The van der Waals surface area contributed by atoms with E-state index in [0.717, 1.165) is 56.7 Å². The van der Waals surface area contributed by atoms with Gasteiger partial charge < -0.3 is 45.2 Å². The molecule has 2 heterocycles. The van der Waals surface area contributed by atoms with E-state index in [4.69, 9.17) is 0 Å². The molecule has 0 aromatic heterocycles. The zero-order valence-electron chi connectivity index (χ0n) is 35.1. The number of allylic oxidation sites excluding steroid dienone is 8. The number of carbonyl (C=O) groups is 4. The summed E-state index contributed by atoms with van der Waals surface area (Å²) in [6.07, 6.45) is 13.8. The van der Waals surface area contributed by atoms with E-state index in [-0.39, 0.29) is 113 Å². The first-order chi connectivity index (χ1) is 27.2. The smallest absolute Gasteiger partial charge is 0.691 e. The molecule has 0 spiro atoms. The zero-order valence-corrected chi connectivity index (χ0v) is 42.0. The van der Waals surface area contributed by atoms with Crippen LogP contribution in [0.4, 0.5) is 11.4 Å². The largest absolute Gasteiger partial charge is 1.00 e. The predicted octanol–water partition coefficient (Wildman–Crippen LogP) is -6.51. The molecule has 0 saturated heterocycles. The van der Waals surface area contributed by atoms with Crippen molar-refractivity contribution in [3.63, 3.8) is 0 Å². The second-order valence-corrected chi connectivity index (χ2v) is 15.6. The average Bonchev–Trinajstić information content (AvgIpc) is 3.51. The number of unbranched alkanes of at least 4 members (excludes halogenated alkanes) is 1. The Morgan fingerprint density at radius 1 is 0.850 bits per heavy atom. The van der Waals surface area contributed by atoms with Crippen LogP contribution in [0, 0.1) is 0 Å². The Labute approximate surface area is 420 Å². The summed E-state index contributed by atoms with van der Waals surface area (Å²) in [5, 5.41) is 51.5. The first-order valence-corrected chi connectivity index (χ1v) is 19.3. The van der Waals surface area contributed by atoms with E-state index in [9.17, 15) is 39.8 Å². The van der Waals surface area contributed by atoms with Gasteiger partial charge in [0.1, 0.15) is 0 Å². The van der Waals surface area contributed by atoms with E-state index in [0.29, 0.717) is 24.3 Å². The zero-order chi connectivity index (χ0) is 41.3. The third-order valence-corrected chi connectivity index (χ3v) is 10.9. The van der Waals surface area contributed by atoms with Gasteiger partial charge in [-0.3, -0.25) is 9.83 Å². The number of amides is 1. The number of carboxylic acid groups (broad SMARTS) is 3. The van der Waals surface area contributed by atoms with Gasteiger partial charge in [-0.1, -0.05) is 68.5 Å². The van der Waals surface area contributed by atoms with Crippen LogP contribution in [-0.4, -0.2) is 53.2 Å². The molecule has 0 radical (unpaired) electrons. The van der Waals surface area contributed by atoms with Crippen molar-refractivity contribution >= 4 is 63.7 Å². The predicted molar refractivity (Wildman–Crippen MR) is 207 cm³/mol. The molecule has 300 valence electrons. The maximum atomic E-state index is 12.4. The Bertz CT molecular complexity index is 2200. The van der Waals surface area contributed by atoms with Crippen molar-refractivity contribution in [1.29, 1.82) is 0 Å². The molecule has 60 heavy (non-hydrogen) atoms. The van der Waals surface area contributed by atoms with E-state index in [2.05, 4.69) is 65.5 Å². The first-order valence-electron chi connectivity index (χ1n) is 18.5. The van der Waals surface area contributed by atoms with Crippen LogP contribution in [0.2, 0.25) is 0 Å². The van der Waals surface area contributed by atoms with Crippen molar-refractivity contribution in [2.75, 3.05) is 18.0 Å². The van der Waals surface area contributed by atoms with Crippen LogP contribution in [0.3, 0.4) is 0 Å². The van der Waals surface area contributed by atoms with Gasteiger partial charge in [0, 0.05) is 77.1 Å². The Morgan fingerprint density at radius 2 is 1.55 bits per heavy atom. The summed E-state index contributed by atoms with van der Waals surface area (Å²) in [6.45, 7) is 9.34. The van der Waals surface area contributed by atoms with E-state index in [1.807, 2.05) is 83.5 Å².